The van der Waals surface area contributed by atoms with Crippen LogP contribution in [0.4, 0.5) is 0 Å². The molecule has 9 heteroatoms. The summed E-state index contributed by atoms with van der Waals surface area (Å²) in [6.07, 6.45) is 25.3. The number of esters is 1. The molecule has 0 rings (SSSR count). The zero-order valence-corrected chi connectivity index (χ0v) is 24.8. The van der Waals surface area contributed by atoms with E-state index in [1.807, 2.05) is 0 Å². The second-order valence-electron chi connectivity index (χ2n) is 9.08. The average molecular weight is 572 g/mol. The van der Waals surface area contributed by atoms with E-state index < -0.39 is 22.4 Å². The monoisotopic (exact) mass is 570 g/mol. The third-order valence-electron chi connectivity index (χ3n) is 5.57. The zero-order chi connectivity index (χ0) is 28.6. The fourth-order valence-electron chi connectivity index (χ4n) is 3.42. The molecule has 0 bridgehead atoms. The molecule has 0 saturated carbocycles. The lowest BCUT2D eigenvalue weighted by atomic mass is 10.1. The summed E-state index contributed by atoms with van der Waals surface area (Å²) in [6.45, 7) is 5.07. The summed E-state index contributed by atoms with van der Waals surface area (Å²) in [4.78, 5) is 39.6. The number of carbonyl (C=O) groups is 4. The van der Waals surface area contributed by atoms with Gasteiger partial charge in [0, 0.05) is 6.61 Å². The highest BCUT2D eigenvalue weighted by Gasteiger charge is 2.11. The van der Waals surface area contributed by atoms with Crippen molar-refractivity contribution in [2.75, 3.05) is 13.2 Å². The lowest BCUT2D eigenvalue weighted by Crippen LogP contribution is -2.16. The number of ether oxygens (including phenoxy) is 1. The van der Waals surface area contributed by atoms with Gasteiger partial charge >= 0.3 is 22.4 Å². The molecule has 0 amide bonds. The van der Waals surface area contributed by atoms with Gasteiger partial charge in [0.2, 0.25) is 0 Å². The molecule has 2 N–H and O–H groups in total. The van der Waals surface area contributed by atoms with Crippen LogP contribution in [0, 0.1) is 0 Å². The van der Waals surface area contributed by atoms with Crippen molar-refractivity contribution in [3.05, 3.63) is 0 Å². The predicted octanol–water partition coefficient (Wildman–Crippen LogP) is 7.95. The summed E-state index contributed by atoms with van der Waals surface area (Å²) in [6, 6.07) is 0. The van der Waals surface area contributed by atoms with Gasteiger partial charge in [-0.3, -0.25) is 9.59 Å². The average Bonchev–Trinajstić information content (AvgIpc) is 2.87. The number of carboxylic acid groups (broad SMARTS) is 1. The number of hydrogen-bond acceptors (Lipinski definition) is 6. The van der Waals surface area contributed by atoms with E-state index >= 15 is 0 Å². The molecule has 0 fully saturated rings. The van der Waals surface area contributed by atoms with Crippen molar-refractivity contribution in [1.82, 2.24) is 0 Å². The Kier molecular flexibility index (Phi) is 37.9. The lowest BCUT2D eigenvalue weighted by molar-refractivity contribution is -0.163. The Balaban J connectivity index is -0.000000529. The lowest BCUT2D eigenvalue weighted by Gasteiger charge is -2.03. The van der Waals surface area contributed by atoms with Crippen molar-refractivity contribution in [3.8, 4) is 0 Å². The third-order valence-corrected chi connectivity index (χ3v) is 6.01. The maximum atomic E-state index is 10.6. The standard InChI is InChI=1S/C14H26O4.C12H26O.C2Cl2O2/c1-2-3-4-5-6-7-8-9-10-11-12-18-14(17)13(15)16;1-2-3-4-5-6-7-8-9-10-11-12-13;3-1(5)2(4)6/h2-12H2,1H3,(H,15,16);13H,2-12H2,1H3;. The van der Waals surface area contributed by atoms with E-state index in [1.54, 1.807) is 0 Å². The first-order valence-electron chi connectivity index (χ1n) is 14.1. The Morgan fingerprint density at radius 2 is 0.838 bits per heavy atom. The highest BCUT2D eigenvalue weighted by molar-refractivity contribution is 6.97. The Morgan fingerprint density at radius 1 is 0.541 bits per heavy atom. The minimum absolute atomic E-state index is 0.224. The molecule has 220 valence electrons. The van der Waals surface area contributed by atoms with Crippen LogP contribution in [0.3, 0.4) is 0 Å². The van der Waals surface area contributed by atoms with Crippen LogP contribution in [0.2, 0.25) is 0 Å². The van der Waals surface area contributed by atoms with Crippen molar-refractivity contribution in [1.29, 1.82) is 0 Å². The van der Waals surface area contributed by atoms with Gasteiger partial charge in [-0.25, -0.2) is 9.59 Å². The Bertz CT molecular complexity index is 521. The number of aliphatic hydroxyl groups excluding tert-OH is 1. The molecule has 0 aliphatic rings. The van der Waals surface area contributed by atoms with E-state index in [9.17, 15) is 19.2 Å². The van der Waals surface area contributed by atoms with Crippen molar-refractivity contribution in [3.63, 3.8) is 0 Å². The fourth-order valence-corrected chi connectivity index (χ4v) is 3.42. The summed E-state index contributed by atoms with van der Waals surface area (Å²) < 4.78 is 4.54. The summed E-state index contributed by atoms with van der Waals surface area (Å²) in [5.41, 5.74) is 0. The van der Waals surface area contributed by atoms with Crippen LogP contribution in [0.1, 0.15) is 142 Å². The Labute approximate surface area is 235 Å². The molecule has 0 saturated heterocycles. The highest BCUT2D eigenvalue weighted by Crippen LogP contribution is 2.11. The summed E-state index contributed by atoms with van der Waals surface area (Å²) in [5, 5.41) is 14.6. The molecular weight excluding hydrogens is 519 g/mol. The minimum Gasteiger partial charge on any atom is -0.473 e. The summed E-state index contributed by atoms with van der Waals surface area (Å²) in [5.74, 6) is -2.66. The van der Waals surface area contributed by atoms with Gasteiger partial charge in [-0.1, -0.05) is 129 Å². The summed E-state index contributed by atoms with van der Waals surface area (Å²) >= 11 is 8.98. The smallest absolute Gasteiger partial charge is 0.417 e. The molecule has 0 spiro atoms. The van der Waals surface area contributed by atoms with Gasteiger partial charge in [-0.15, -0.1) is 0 Å². The number of carbonyl (C=O) groups excluding carboxylic acids is 3. The van der Waals surface area contributed by atoms with Crippen molar-refractivity contribution >= 4 is 45.6 Å². The maximum absolute atomic E-state index is 10.6. The van der Waals surface area contributed by atoms with Crippen LogP contribution in [0.5, 0.6) is 0 Å². The van der Waals surface area contributed by atoms with Crippen molar-refractivity contribution < 1.29 is 34.1 Å². The highest BCUT2D eigenvalue weighted by atomic mass is 35.5. The molecule has 0 aliphatic carbocycles. The molecule has 0 heterocycles. The fraction of sp³-hybridized carbons (Fsp3) is 0.857. The number of aliphatic hydroxyl groups is 1. The van der Waals surface area contributed by atoms with E-state index in [0.717, 1.165) is 25.7 Å². The van der Waals surface area contributed by atoms with Crippen LogP contribution in [-0.2, 0) is 23.9 Å². The molecule has 0 aromatic heterocycles. The van der Waals surface area contributed by atoms with Crippen LogP contribution >= 0.6 is 23.2 Å². The first-order chi connectivity index (χ1) is 17.7. The number of unbranched alkanes of at least 4 members (excludes halogenated alkanes) is 18. The molecule has 0 unspecified atom stereocenters. The minimum atomic E-state index is -1.51. The van der Waals surface area contributed by atoms with Gasteiger partial charge in [0.05, 0.1) is 6.61 Å². The largest absolute Gasteiger partial charge is 0.473 e. The normalized spacial score (nSPS) is 9.97. The second-order valence-corrected chi connectivity index (χ2v) is 9.76. The van der Waals surface area contributed by atoms with Crippen LogP contribution < -0.4 is 0 Å². The van der Waals surface area contributed by atoms with E-state index in [2.05, 4.69) is 41.8 Å². The molecular formula is C28H52Cl2O7. The molecule has 0 aromatic carbocycles. The third kappa shape index (κ3) is 42.2. The Morgan fingerprint density at radius 3 is 1.11 bits per heavy atom. The number of halogens is 2. The van der Waals surface area contributed by atoms with Gasteiger partial charge in [0.1, 0.15) is 0 Å². The predicted molar refractivity (Wildman–Crippen MR) is 151 cm³/mol. The number of hydrogen-bond donors (Lipinski definition) is 2. The Hall–Kier alpha value is -1.18. The van der Waals surface area contributed by atoms with E-state index in [0.29, 0.717) is 6.61 Å². The molecule has 0 radical (unpaired) electrons. The van der Waals surface area contributed by atoms with Crippen LogP contribution in [-0.4, -0.2) is 45.9 Å². The SMILES string of the molecule is CCCCCCCCCCCCO.CCCCCCCCCCCCOC(=O)C(=O)O.O=C(Cl)C(=O)Cl. The van der Waals surface area contributed by atoms with Crippen molar-refractivity contribution in [2.24, 2.45) is 0 Å². The number of rotatable bonds is 22. The maximum Gasteiger partial charge on any atom is 0.417 e. The van der Waals surface area contributed by atoms with Crippen molar-refractivity contribution in [2.45, 2.75) is 142 Å². The molecule has 7 nitrogen and oxygen atoms in total. The van der Waals surface area contributed by atoms with E-state index in [-0.39, 0.29) is 6.61 Å². The van der Waals surface area contributed by atoms with Gasteiger partial charge in [0.15, 0.2) is 0 Å². The van der Waals surface area contributed by atoms with Crippen LogP contribution in [0.25, 0.3) is 0 Å². The molecule has 0 atom stereocenters. The molecule has 0 aliphatic heterocycles. The quantitative estimate of drug-likeness (QED) is 0.0586. The van der Waals surface area contributed by atoms with Gasteiger partial charge in [-0.05, 0) is 36.0 Å². The van der Waals surface area contributed by atoms with E-state index in [4.69, 9.17) is 10.2 Å². The second kappa shape index (κ2) is 34.8. The first kappa shape index (κ1) is 40.3. The van der Waals surface area contributed by atoms with Gasteiger partial charge < -0.3 is 14.9 Å². The van der Waals surface area contributed by atoms with Crippen LogP contribution in [0.15, 0.2) is 0 Å². The van der Waals surface area contributed by atoms with Gasteiger partial charge in [0.25, 0.3) is 0 Å². The number of carboxylic acids is 1. The first-order valence-corrected chi connectivity index (χ1v) is 14.9. The van der Waals surface area contributed by atoms with Gasteiger partial charge in [-0.2, -0.15) is 0 Å². The molecule has 0 aromatic rings. The molecule has 37 heavy (non-hydrogen) atoms. The topological polar surface area (TPSA) is 118 Å². The zero-order valence-electron chi connectivity index (χ0n) is 23.2. The van der Waals surface area contributed by atoms with E-state index in [1.165, 1.54) is 103 Å². The summed E-state index contributed by atoms with van der Waals surface area (Å²) in [7, 11) is 0. The number of aliphatic carboxylic acids is 1.